The predicted molar refractivity (Wildman–Crippen MR) is 144 cm³/mol. The topological polar surface area (TPSA) is 88.5 Å². The van der Waals surface area contributed by atoms with Gasteiger partial charge in [0.05, 0.1) is 12.1 Å². The minimum atomic E-state index is -4.56. The number of rotatable bonds is 5. The summed E-state index contributed by atoms with van der Waals surface area (Å²) in [6.07, 6.45) is 0. The molecule has 0 saturated carbocycles. The second-order valence-corrected chi connectivity index (χ2v) is 11.2. The molecule has 0 spiro atoms. The molecule has 7 nitrogen and oxygen atoms in total. The third-order valence-electron chi connectivity index (χ3n) is 6.42. The zero-order chi connectivity index (χ0) is 27.2. The number of aromatic nitrogens is 1. The van der Waals surface area contributed by atoms with Crippen molar-refractivity contribution in [2.75, 3.05) is 11.4 Å². The fourth-order valence-electron chi connectivity index (χ4n) is 4.71. The van der Waals surface area contributed by atoms with Crippen molar-refractivity contribution in [3.05, 3.63) is 128 Å². The molecule has 2 atom stereocenters. The maximum absolute atomic E-state index is 14.9. The molecular formula is C27H20Cl2FN3O4S. The molecule has 1 aliphatic heterocycles. The van der Waals surface area contributed by atoms with Crippen LogP contribution in [0.4, 0.5) is 10.2 Å². The van der Waals surface area contributed by atoms with Gasteiger partial charge in [-0.15, -0.1) is 0 Å². The van der Waals surface area contributed by atoms with Crippen LogP contribution in [0, 0.1) is 5.82 Å². The SMILES string of the molecule is CNC(=O)c1ccc2n(c1=O)[C@H](c1ccc(Cl)cc1)[C@H](c1ccc(Cl)cc1)N2S(=O)(=O)c1ccccc1F. The zero-order valence-corrected chi connectivity index (χ0v) is 22.1. The van der Waals surface area contributed by atoms with Crippen LogP contribution in [0.2, 0.25) is 10.0 Å². The first-order valence-corrected chi connectivity index (χ1v) is 13.6. The first kappa shape index (κ1) is 26.0. The largest absolute Gasteiger partial charge is 0.355 e. The van der Waals surface area contributed by atoms with Gasteiger partial charge < -0.3 is 5.32 Å². The van der Waals surface area contributed by atoms with Gasteiger partial charge in [-0.1, -0.05) is 59.6 Å². The fourth-order valence-corrected chi connectivity index (χ4v) is 6.67. The number of halogens is 3. The highest BCUT2D eigenvalue weighted by molar-refractivity contribution is 7.92. The highest BCUT2D eigenvalue weighted by atomic mass is 35.5. The lowest BCUT2D eigenvalue weighted by atomic mass is 9.94. The third kappa shape index (κ3) is 4.26. The van der Waals surface area contributed by atoms with E-state index in [-0.39, 0.29) is 11.4 Å². The van der Waals surface area contributed by atoms with Gasteiger partial charge in [-0.05, 0) is 59.7 Å². The lowest BCUT2D eigenvalue weighted by Gasteiger charge is -2.29. The van der Waals surface area contributed by atoms with Crippen molar-refractivity contribution >= 4 is 45.0 Å². The molecular weight excluding hydrogens is 552 g/mol. The highest BCUT2D eigenvalue weighted by Gasteiger charge is 2.48. The summed E-state index contributed by atoms with van der Waals surface area (Å²) in [7, 11) is -3.17. The summed E-state index contributed by atoms with van der Waals surface area (Å²) >= 11 is 12.2. The number of nitrogens with one attached hydrogen (secondary N) is 1. The van der Waals surface area contributed by atoms with E-state index < -0.39 is 44.3 Å². The number of benzene rings is 3. The quantitative estimate of drug-likeness (QED) is 0.357. The first-order valence-electron chi connectivity index (χ1n) is 11.4. The second-order valence-electron chi connectivity index (χ2n) is 8.58. The molecule has 1 aliphatic rings. The van der Waals surface area contributed by atoms with Crippen molar-refractivity contribution in [2.45, 2.75) is 17.0 Å². The summed E-state index contributed by atoms with van der Waals surface area (Å²) < 4.78 is 45.4. The lowest BCUT2D eigenvalue weighted by Crippen LogP contribution is -2.34. The molecule has 0 radical (unpaired) electrons. The van der Waals surface area contributed by atoms with Gasteiger partial charge >= 0.3 is 0 Å². The molecule has 3 aromatic carbocycles. The maximum Gasteiger partial charge on any atom is 0.269 e. The molecule has 0 bridgehead atoms. The number of nitrogens with zero attached hydrogens (tertiary/aromatic N) is 2. The number of amides is 1. The van der Waals surface area contributed by atoms with Crippen molar-refractivity contribution in [3.63, 3.8) is 0 Å². The Morgan fingerprint density at radius 2 is 1.39 bits per heavy atom. The summed E-state index contributed by atoms with van der Waals surface area (Å²) in [6, 6.07) is 18.8. The standard InChI is InChI=1S/C27H20Cl2FN3O4S/c1-31-26(34)20-14-15-23-32(27(20)35)24(16-6-10-18(28)11-7-16)25(17-8-12-19(29)13-9-17)33(23)38(36,37)22-5-3-2-4-21(22)30/h2-15,24-25H,1H3,(H,31,34)/t24-,25+/m1/s1. The van der Waals surface area contributed by atoms with Gasteiger partial charge in [0.25, 0.3) is 21.5 Å². The van der Waals surface area contributed by atoms with Crippen LogP contribution in [0.25, 0.3) is 0 Å². The Balaban J connectivity index is 1.87. The number of anilines is 1. The Bertz CT molecular complexity index is 1710. The number of sulfonamides is 1. The first-order chi connectivity index (χ1) is 18.1. The molecule has 0 fully saturated rings. The van der Waals surface area contributed by atoms with Gasteiger partial charge in [-0.3, -0.25) is 14.2 Å². The zero-order valence-electron chi connectivity index (χ0n) is 19.8. The number of hydrogen-bond acceptors (Lipinski definition) is 4. The molecule has 1 aromatic heterocycles. The van der Waals surface area contributed by atoms with Gasteiger partial charge in [-0.25, -0.2) is 17.1 Å². The maximum atomic E-state index is 14.9. The summed E-state index contributed by atoms with van der Waals surface area (Å²) in [6.45, 7) is 0. The van der Waals surface area contributed by atoms with Crippen LogP contribution in [0.1, 0.15) is 33.6 Å². The third-order valence-corrected chi connectivity index (χ3v) is 8.74. The molecule has 38 heavy (non-hydrogen) atoms. The normalized spacial score (nSPS) is 16.8. The lowest BCUT2D eigenvalue weighted by molar-refractivity contribution is 0.0961. The summed E-state index contributed by atoms with van der Waals surface area (Å²) in [5, 5.41) is 3.30. The van der Waals surface area contributed by atoms with Crippen molar-refractivity contribution in [1.29, 1.82) is 0 Å². The summed E-state index contributed by atoms with van der Waals surface area (Å²) in [5.41, 5.74) is 0.180. The van der Waals surface area contributed by atoms with E-state index in [1.165, 1.54) is 41.9 Å². The van der Waals surface area contributed by atoms with Crippen LogP contribution in [0.15, 0.2) is 94.6 Å². The van der Waals surface area contributed by atoms with E-state index in [1.54, 1.807) is 48.5 Å². The summed E-state index contributed by atoms with van der Waals surface area (Å²) in [5.74, 6) is -1.59. The van der Waals surface area contributed by atoms with Gasteiger partial charge in [0.15, 0.2) is 0 Å². The monoisotopic (exact) mass is 571 g/mol. The number of carbonyl (C=O) groups is 1. The Hall–Kier alpha value is -3.66. The van der Waals surface area contributed by atoms with Crippen LogP contribution in [-0.2, 0) is 10.0 Å². The number of hydrogen-bond donors (Lipinski definition) is 1. The van der Waals surface area contributed by atoms with Crippen LogP contribution in [-0.4, -0.2) is 25.9 Å². The van der Waals surface area contributed by atoms with Crippen molar-refractivity contribution in [1.82, 2.24) is 9.88 Å². The fraction of sp³-hybridized carbons (Fsp3) is 0.111. The molecule has 4 aromatic rings. The molecule has 194 valence electrons. The molecule has 5 rings (SSSR count). The smallest absolute Gasteiger partial charge is 0.269 e. The molecule has 0 saturated heterocycles. The molecule has 11 heteroatoms. The Morgan fingerprint density at radius 1 is 0.842 bits per heavy atom. The van der Waals surface area contributed by atoms with Gasteiger partial charge in [0.1, 0.15) is 22.1 Å². The van der Waals surface area contributed by atoms with Crippen molar-refractivity contribution in [3.8, 4) is 0 Å². The average molecular weight is 572 g/mol. The van der Waals surface area contributed by atoms with E-state index in [0.717, 1.165) is 10.4 Å². The molecule has 0 unspecified atom stereocenters. The number of pyridine rings is 1. The van der Waals surface area contributed by atoms with E-state index >= 15 is 0 Å². The minimum absolute atomic E-state index is 0.0224. The van der Waals surface area contributed by atoms with Crippen LogP contribution < -0.4 is 15.2 Å². The van der Waals surface area contributed by atoms with Crippen molar-refractivity contribution in [2.24, 2.45) is 0 Å². The number of carbonyl (C=O) groups excluding carboxylic acids is 1. The van der Waals surface area contributed by atoms with Crippen molar-refractivity contribution < 1.29 is 17.6 Å². The molecule has 0 aliphatic carbocycles. The second kappa shape index (κ2) is 9.90. The Labute approximate surface area is 228 Å². The average Bonchev–Trinajstić information content (AvgIpc) is 3.26. The van der Waals surface area contributed by atoms with Gasteiger partial charge in [0, 0.05) is 17.1 Å². The molecule has 1 amide bonds. The van der Waals surface area contributed by atoms with Gasteiger partial charge in [0.2, 0.25) is 0 Å². The van der Waals surface area contributed by atoms with E-state index in [1.807, 2.05) is 0 Å². The predicted octanol–water partition coefficient (Wildman–Crippen LogP) is 5.19. The Kier molecular flexibility index (Phi) is 6.77. The summed E-state index contributed by atoms with van der Waals surface area (Å²) in [4.78, 5) is 25.7. The van der Waals surface area contributed by atoms with E-state index in [2.05, 4.69) is 5.32 Å². The van der Waals surface area contributed by atoms with E-state index in [9.17, 15) is 22.4 Å². The van der Waals surface area contributed by atoms with E-state index in [4.69, 9.17) is 23.2 Å². The molecule has 1 N–H and O–H groups in total. The van der Waals surface area contributed by atoms with Gasteiger partial charge in [-0.2, -0.15) is 0 Å². The number of fused-ring (bicyclic) bond motifs is 1. The van der Waals surface area contributed by atoms with Crippen LogP contribution in [0.3, 0.4) is 0 Å². The van der Waals surface area contributed by atoms with E-state index in [0.29, 0.717) is 21.2 Å². The Morgan fingerprint density at radius 3 is 1.95 bits per heavy atom. The highest BCUT2D eigenvalue weighted by Crippen LogP contribution is 2.49. The van der Waals surface area contributed by atoms with Crippen LogP contribution >= 0.6 is 23.2 Å². The minimum Gasteiger partial charge on any atom is -0.355 e. The molecule has 2 heterocycles. The van der Waals surface area contributed by atoms with Crippen LogP contribution in [0.5, 0.6) is 0 Å².